The standard InChI is InChI=1S/C10H9ClN6O/c11-6-2-1-3-13-9(6)16-10(18)7-4-15-8(17-12)5-14-7/h1-5H,12H2,(H,15,17)(H,13,16,18). The van der Waals surface area contributed by atoms with E-state index in [0.29, 0.717) is 10.8 Å². The molecule has 0 unspecified atom stereocenters. The zero-order valence-electron chi connectivity index (χ0n) is 9.09. The number of nitrogens with zero attached hydrogens (tertiary/aromatic N) is 3. The number of carbonyl (C=O) groups is 1. The molecule has 7 nitrogen and oxygen atoms in total. The van der Waals surface area contributed by atoms with E-state index in [4.69, 9.17) is 17.4 Å². The largest absolute Gasteiger partial charge is 0.307 e. The number of aromatic nitrogens is 3. The molecule has 4 N–H and O–H groups in total. The lowest BCUT2D eigenvalue weighted by Gasteiger charge is -2.05. The first kappa shape index (κ1) is 12.2. The van der Waals surface area contributed by atoms with Crippen LogP contribution in [0.3, 0.4) is 0 Å². The molecule has 1 amide bonds. The van der Waals surface area contributed by atoms with Gasteiger partial charge in [-0.1, -0.05) is 11.6 Å². The summed E-state index contributed by atoms with van der Waals surface area (Å²) in [7, 11) is 0. The van der Waals surface area contributed by atoms with Crippen LogP contribution in [0.25, 0.3) is 0 Å². The third-order valence-corrected chi connectivity index (χ3v) is 2.33. The van der Waals surface area contributed by atoms with Crippen molar-refractivity contribution in [1.82, 2.24) is 15.0 Å². The van der Waals surface area contributed by atoms with Crippen LogP contribution < -0.4 is 16.6 Å². The number of rotatable bonds is 3. The number of hydrogen-bond donors (Lipinski definition) is 3. The molecular formula is C10H9ClN6O. The Bertz CT molecular complexity index is 559. The number of amides is 1. The second-order valence-electron chi connectivity index (χ2n) is 3.22. The lowest BCUT2D eigenvalue weighted by Crippen LogP contribution is -2.16. The van der Waals surface area contributed by atoms with Gasteiger partial charge < -0.3 is 10.7 Å². The molecule has 2 aromatic heterocycles. The Morgan fingerprint density at radius 3 is 2.72 bits per heavy atom. The molecule has 0 aliphatic heterocycles. The maximum Gasteiger partial charge on any atom is 0.277 e. The maximum absolute atomic E-state index is 11.8. The highest BCUT2D eigenvalue weighted by Gasteiger charge is 2.10. The van der Waals surface area contributed by atoms with E-state index >= 15 is 0 Å². The van der Waals surface area contributed by atoms with Gasteiger partial charge in [-0.2, -0.15) is 0 Å². The third kappa shape index (κ3) is 2.70. The van der Waals surface area contributed by atoms with E-state index in [9.17, 15) is 4.79 Å². The normalized spacial score (nSPS) is 9.89. The molecule has 0 aliphatic rings. The Kier molecular flexibility index (Phi) is 3.66. The number of nitrogens with two attached hydrogens (primary N) is 1. The van der Waals surface area contributed by atoms with Gasteiger partial charge in [0.2, 0.25) is 0 Å². The molecule has 0 aliphatic carbocycles. The van der Waals surface area contributed by atoms with E-state index in [0.717, 1.165) is 0 Å². The predicted octanol–water partition coefficient (Wildman–Crippen LogP) is 1.06. The molecule has 0 saturated carbocycles. The quantitative estimate of drug-likeness (QED) is 0.565. The third-order valence-electron chi connectivity index (χ3n) is 2.02. The van der Waals surface area contributed by atoms with E-state index in [-0.39, 0.29) is 11.5 Å². The first-order valence-corrected chi connectivity index (χ1v) is 5.29. The van der Waals surface area contributed by atoms with Crippen molar-refractivity contribution < 1.29 is 4.79 Å². The molecule has 0 aromatic carbocycles. The summed E-state index contributed by atoms with van der Waals surface area (Å²) in [4.78, 5) is 23.5. The summed E-state index contributed by atoms with van der Waals surface area (Å²) in [6, 6.07) is 3.29. The molecule has 0 radical (unpaired) electrons. The van der Waals surface area contributed by atoms with Crippen LogP contribution in [0, 0.1) is 0 Å². The Morgan fingerprint density at radius 1 is 1.28 bits per heavy atom. The highest BCUT2D eigenvalue weighted by Crippen LogP contribution is 2.17. The summed E-state index contributed by atoms with van der Waals surface area (Å²) >= 11 is 5.86. The van der Waals surface area contributed by atoms with Gasteiger partial charge in [-0.15, -0.1) is 0 Å². The Balaban J connectivity index is 2.14. The summed E-state index contributed by atoms with van der Waals surface area (Å²) in [6.07, 6.45) is 4.16. The topological polar surface area (TPSA) is 106 Å². The second-order valence-corrected chi connectivity index (χ2v) is 3.63. The molecule has 92 valence electrons. The summed E-state index contributed by atoms with van der Waals surface area (Å²) < 4.78 is 0. The summed E-state index contributed by atoms with van der Waals surface area (Å²) in [6.45, 7) is 0. The maximum atomic E-state index is 11.8. The van der Waals surface area contributed by atoms with Crippen molar-refractivity contribution in [2.24, 2.45) is 5.84 Å². The first-order chi connectivity index (χ1) is 8.70. The van der Waals surface area contributed by atoms with Crippen molar-refractivity contribution in [2.75, 3.05) is 10.7 Å². The minimum Gasteiger partial charge on any atom is -0.307 e. The van der Waals surface area contributed by atoms with E-state index in [2.05, 4.69) is 25.7 Å². The van der Waals surface area contributed by atoms with Crippen molar-refractivity contribution in [3.05, 3.63) is 41.4 Å². The molecule has 0 saturated heterocycles. The average molecular weight is 265 g/mol. The SMILES string of the molecule is NNc1cnc(C(=O)Nc2ncccc2Cl)cn1. The molecule has 0 atom stereocenters. The molecule has 2 heterocycles. The fourth-order valence-electron chi connectivity index (χ4n) is 1.17. The van der Waals surface area contributed by atoms with Gasteiger partial charge in [-0.25, -0.2) is 20.8 Å². The molecular weight excluding hydrogens is 256 g/mol. The molecule has 2 rings (SSSR count). The predicted molar refractivity (Wildman–Crippen MR) is 67.0 cm³/mol. The highest BCUT2D eigenvalue weighted by molar-refractivity contribution is 6.33. The van der Waals surface area contributed by atoms with E-state index < -0.39 is 5.91 Å². The number of nitrogen functional groups attached to an aromatic ring is 1. The van der Waals surface area contributed by atoms with Crippen molar-refractivity contribution in [1.29, 1.82) is 0 Å². The van der Waals surface area contributed by atoms with Gasteiger partial charge in [0.1, 0.15) is 5.69 Å². The zero-order chi connectivity index (χ0) is 13.0. The van der Waals surface area contributed by atoms with Gasteiger partial charge in [0.25, 0.3) is 5.91 Å². The van der Waals surface area contributed by atoms with E-state index in [1.807, 2.05) is 0 Å². The Hall–Kier alpha value is -2.25. The monoisotopic (exact) mass is 264 g/mol. The van der Waals surface area contributed by atoms with Gasteiger partial charge in [0.15, 0.2) is 11.6 Å². The summed E-state index contributed by atoms with van der Waals surface area (Å²) in [5.41, 5.74) is 2.45. The van der Waals surface area contributed by atoms with Gasteiger partial charge in [-0.05, 0) is 12.1 Å². The smallest absolute Gasteiger partial charge is 0.277 e. The summed E-state index contributed by atoms with van der Waals surface area (Å²) in [5, 5.41) is 2.87. The number of hydrogen-bond acceptors (Lipinski definition) is 6. The minimum absolute atomic E-state index is 0.135. The van der Waals surface area contributed by atoms with Crippen LogP contribution in [0.2, 0.25) is 5.02 Å². The number of halogens is 1. The van der Waals surface area contributed by atoms with Crippen LogP contribution in [-0.2, 0) is 0 Å². The van der Waals surface area contributed by atoms with Crippen LogP contribution in [-0.4, -0.2) is 20.9 Å². The number of nitrogens with one attached hydrogen (secondary N) is 2. The fraction of sp³-hybridized carbons (Fsp3) is 0. The van der Waals surface area contributed by atoms with E-state index in [1.54, 1.807) is 12.1 Å². The molecule has 0 bridgehead atoms. The van der Waals surface area contributed by atoms with Gasteiger partial charge in [0, 0.05) is 6.20 Å². The molecule has 2 aromatic rings. The lowest BCUT2D eigenvalue weighted by atomic mass is 10.4. The van der Waals surface area contributed by atoms with Crippen molar-refractivity contribution in [3.8, 4) is 0 Å². The van der Waals surface area contributed by atoms with E-state index in [1.165, 1.54) is 18.6 Å². The van der Waals surface area contributed by atoms with Gasteiger partial charge in [-0.3, -0.25) is 4.79 Å². The average Bonchev–Trinajstić information content (AvgIpc) is 2.41. The number of carbonyl (C=O) groups excluding carboxylic acids is 1. The van der Waals surface area contributed by atoms with Gasteiger partial charge >= 0.3 is 0 Å². The number of hydrazine groups is 1. The van der Waals surface area contributed by atoms with Gasteiger partial charge in [0.05, 0.1) is 17.4 Å². The highest BCUT2D eigenvalue weighted by atomic mass is 35.5. The van der Waals surface area contributed by atoms with Crippen LogP contribution >= 0.6 is 11.6 Å². The molecule has 8 heteroatoms. The molecule has 18 heavy (non-hydrogen) atoms. The molecule has 0 fully saturated rings. The van der Waals surface area contributed by atoms with Crippen LogP contribution in [0.5, 0.6) is 0 Å². The van der Waals surface area contributed by atoms with Crippen LogP contribution in [0.4, 0.5) is 11.6 Å². The second kappa shape index (κ2) is 5.39. The zero-order valence-corrected chi connectivity index (χ0v) is 9.85. The summed E-state index contributed by atoms with van der Waals surface area (Å²) in [5.74, 6) is 5.32. The van der Waals surface area contributed by atoms with Crippen molar-refractivity contribution in [3.63, 3.8) is 0 Å². The first-order valence-electron chi connectivity index (χ1n) is 4.91. The Morgan fingerprint density at radius 2 is 2.11 bits per heavy atom. The van der Waals surface area contributed by atoms with Crippen LogP contribution in [0.15, 0.2) is 30.7 Å². The molecule has 0 spiro atoms. The lowest BCUT2D eigenvalue weighted by molar-refractivity contribution is 0.102. The van der Waals surface area contributed by atoms with Crippen LogP contribution in [0.1, 0.15) is 10.5 Å². The van der Waals surface area contributed by atoms with Crippen molar-refractivity contribution >= 4 is 29.1 Å². The number of pyridine rings is 1. The van der Waals surface area contributed by atoms with Crippen molar-refractivity contribution in [2.45, 2.75) is 0 Å². The number of anilines is 2. The Labute approximate surface area is 107 Å². The minimum atomic E-state index is -0.452. The fourth-order valence-corrected chi connectivity index (χ4v) is 1.34.